The minimum Gasteiger partial charge on any atom is -0.468 e. The highest BCUT2D eigenvalue weighted by molar-refractivity contribution is 5.81. The molecular weight excluding hydrogens is 306 g/mol. The lowest BCUT2D eigenvalue weighted by Crippen LogP contribution is -2.60. The maximum absolute atomic E-state index is 12.6. The number of nitrogens with zero attached hydrogens (tertiary/aromatic N) is 1. The van der Waals surface area contributed by atoms with Crippen molar-refractivity contribution in [2.45, 2.75) is 62.6 Å². The number of allylic oxidation sites excluding steroid dienone is 1. The first-order valence-electron chi connectivity index (χ1n) is 8.85. The lowest BCUT2D eigenvalue weighted by atomic mass is 9.90. The van der Waals surface area contributed by atoms with Crippen LogP contribution in [0.3, 0.4) is 0 Å². The number of rotatable bonds is 9. The minimum atomic E-state index is -0.782. The molecule has 0 aromatic carbocycles. The summed E-state index contributed by atoms with van der Waals surface area (Å²) in [6.45, 7) is 0.154. The zero-order valence-corrected chi connectivity index (χ0v) is 14.5. The van der Waals surface area contributed by atoms with Gasteiger partial charge in [0, 0.05) is 6.61 Å². The van der Waals surface area contributed by atoms with Crippen LogP contribution < -0.4 is 0 Å². The molecule has 2 fully saturated rings. The van der Waals surface area contributed by atoms with E-state index in [1.807, 2.05) is 11.0 Å². The monoisotopic (exact) mass is 335 g/mol. The third kappa shape index (κ3) is 4.18. The Kier molecular flexibility index (Phi) is 6.85. The number of esters is 1. The highest BCUT2D eigenvalue weighted by Gasteiger charge is 2.50. The van der Waals surface area contributed by atoms with Crippen molar-refractivity contribution in [3.63, 3.8) is 0 Å². The summed E-state index contributed by atoms with van der Waals surface area (Å²) in [5.74, 6) is 2.91. The summed E-state index contributed by atoms with van der Waals surface area (Å²) in [4.78, 5) is 14.5. The molecule has 0 bridgehead atoms. The fourth-order valence-corrected chi connectivity index (χ4v) is 3.70. The quantitative estimate of drug-likeness (QED) is 0.379. The number of carbonyl (C=O) groups excluding carboxylic acids is 1. The Morgan fingerprint density at radius 1 is 1.46 bits per heavy atom. The molecule has 0 saturated heterocycles. The summed E-state index contributed by atoms with van der Waals surface area (Å²) >= 11 is 0. The molecule has 0 radical (unpaired) electrons. The van der Waals surface area contributed by atoms with Gasteiger partial charge in [-0.2, -0.15) is 0 Å². The van der Waals surface area contributed by atoms with Crippen molar-refractivity contribution in [2.75, 3.05) is 20.3 Å². The molecular formula is C19H29NO4. The van der Waals surface area contributed by atoms with Crippen molar-refractivity contribution in [3.8, 4) is 12.3 Å². The van der Waals surface area contributed by atoms with E-state index in [0.717, 1.165) is 25.7 Å². The lowest BCUT2D eigenvalue weighted by Gasteiger charge is -2.43. The zero-order valence-electron chi connectivity index (χ0n) is 14.5. The van der Waals surface area contributed by atoms with Crippen molar-refractivity contribution in [1.82, 2.24) is 4.90 Å². The van der Waals surface area contributed by atoms with Crippen LogP contribution in [0.25, 0.3) is 0 Å². The Morgan fingerprint density at radius 2 is 2.12 bits per heavy atom. The highest BCUT2D eigenvalue weighted by atomic mass is 16.5. The van der Waals surface area contributed by atoms with Crippen LogP contribution in [0, 0.1) is 18.3 Å². The average Bonchev–Trinajstić information content (AvgIpc) is 3.28. The van der Waals surface area contributed by atoms with Gasteiger partial charge in [0.25, 0.3) is 0 Å². The van der Waals surface area contributed by atoms with E-state index < -0.39 is 17.7 Å². The van der Waals surface area contributed by atoms with Crippen LogP contribution in [0.4, 0.5) is 0 Å². The van der Waals surface area contributed by atoms with Crippen molar-refractivity contribution < 1.29 is 19.7 Å². The van der Waals surface area contributed by atoms with E-state index in [2.05, 4.69) is 12.0 Å². The third-order valence-electron chi connectivity index (χ3n) is 5.19. The van der Waals surface area contributed by atoms with Gasteiger partial charge in [0.05, 0.1) is 25.8 Å². The van der Waals surface area contributed by atoms with Crippen LogP contribution in [0.15, 0.2) is 12.2 Å². The number of methoxy groups -OCH3 is 1. The van der Waals surface area contributed by atoms with E-state index in [-0.39, 0.29) is 25.5 Å². The molecule has 2 aliphatic carbocycles. The van der Waals surface area contributed by atoms with Gasteiger partial charge < -0.3 is 14.9 Å². The fraction of sp³-hybridized carbons (Fsp3) is 0.737. The predicted octanol–water partition coefficient (Wildman–Crippen LogP) is 1.49. The summed E-state index contributed by atoms with van der Waals surface area (Å²) in [6, 6.07) is -0.397. The molecule has 0 aliphatic heterocycles. The molecule has 2 atom stereocenters. The number of hydrogen-bond donors (Lipinski definition) is 2. The predicted molar refractivity (Wildman–Crippen MR) is 92.1 cm³/mol. The molecule has 134 valence electrons. The standard InChI is InChI=1S/C19H29NO4/c1-3-13-20(19(18(23)24-2)11-4-5-12-19)16(17(22)10-14-21)9-8-15-6-7-15/h1,8-9,15-17,21-22H,4-7,10-14H2,2H3/b9-8+/t16-,17+/m1/s1. The zero-order chi connectivity index (χ0) is 17.6. The van der Waals surface area contributed by atoms with E-state index in [0.29, 0.717) is 18.8 Å². The first-order chi connectivity index (χ1) is 11.6. The van der Waals surface area contributed by atoms with Gasteiger partial charge in [0.2, 0.25) is 0 Å². The van der Waals surface area contributed by atoms with Crippen molar-refractivity contribution in [3.05, 3.63) is 12.2 Å². The lowest BCUT2D eigenvalue weighted by molar-refractivity contribution is -0.157. The Bertz CT molecular complexity index is 486. The molecule has 0 amide bonds. The highest BCUT2D eigenvalue weighted by Crippen LogP contribution is 2.39. The molecule has 0 spiro atoms. The summed E-state index contributed by atoms with van der Waals surface area (Å²) in [5, 5.41) is 19.8. The van der Waals surface area contributed by atoms with Gasteiger partial charge in [-0.1, -0.05) is 30.9 Å². The van der Waals surface area contributed by atoms with Crippen LogP contribution in [0.5, 0.6) is 0 Å². The largest absolute Gasteiger partial charge is 0.468 e. The second kappa shape index (κ2) is 8.66. The van der Waals surface area contributed by atoms with Crippen LogP contribution in [0.1, 0.15) is 44.9 Å². The van der Waals surface area contributed by atoms with Gasteiger partial charge >= 0.3 is 5.97 Å². The van der Waals surface area contributed by atoms with Crippen LogP contribution in [-0.4, -0.2) is 59.0 Å². The second-order valence-electron chi connectivity index (χ2n) is 6.85. The molecule has 2 N–H and O–H groups in total. The summed E-state index contributed by atoms with van der Waals surface area (Å²) < 4.78 is 5.09. The number of ether oxygens (including phenoxy) is 1. The minimum absolute atomic E-state index is 0.107. The number of carbonyl (C=O) groups is 1. The van der Waals surface area contributed by atoms with Crippen molar-refractivity contribution in [1.29, 1.82) is 0 Å². The molecule has 5 nitrogen and oxygen atoms in total. The molecule has 0 heterocycles. The molecule has 5 heteroatoms. The number of aliphatic hydroxyl groups is 2. The Hall–Kier alpha value is -1.35. The van der Waals surface area contributed by atoms with Gasteiger partial charge in [-0.25, -0.2) is 0 Å². The van der Waals surface area contributed by atoms with E-state index in [1.165, 1.54) is 7.11 Å². The van der Waals surface area contributed by atoms with Gasteiger partial charge in [-0.05, 0) is 38.0 Å². The third-order valence-corrected chi connectivity index (χ3v) is 5.19. The smallest absolute Gasteiger partial charge is 0.326 e. The Labute approximate surface area is 144 Å². The first-order valence-corrected chi connectivity index (χ1v) is 8.85. The topological polar surface area (TPSA) is 70.0 Å². The molecule has 24 heavy (non-hydrogen) atoms. The second-order valence-corrected chi connectivity index (χ2v) is 6.85. The Morgan fingerprint density at radius 3 is 2.62 bits per heavy atom. The Balaban J connectivity index is 2.34. The van der Waals surface area contributed by atoms with Crippen LogP contribution in [-0.2, 0) is 9.53 Å². The van der Waals surface area contributed by atoms with E-state index in [4.69, 9.17) is 11.2 Å². The molecule has 0 unspecified atom stereocenters. The first kappa shape index (κ1) is 19.0. The van der Waals surface area contributed by atoms with Gasteiger partial charge in [0.1, 0.15) is 5.54 Å². The molecule has 2 rings (SSSR count). The van der Waals surface area contributed by atoms with Gasteiger partial charge in [0.15, 0.2) is 0 Å². The summed E-state index contributed by atoms with van der Waals surface area (Å²) in [7, 11) is 1.40. The summed E-state index contributed by atoms with van der Waals surface area (Å²) in [6.07, 6.45) is 14.7. The van der Waals surface area contributed by atoms with E-state index in [1.54, 1.807) is 0 Å². The maximum Gasteiger partial charge on any atom is 0.326 e. The normalized spacial score (nSPS) is 22.5. The van der Waals surface area contributed by atoms with E-state index >= 15 is 0 Å². The molecule has 2 saturated carbocycles. The van der Waals surface area contributed by atoms with Crippen LogP contribution in [0.2, 0.25) is 0 Å². The average molecular weight is 335 g/mol. The molecule has 0 aromatic rings. The molecule has 2 aliphatic rings. The number of terminal acetylenes is 1. The van der Waals surface area contributed by atoms with Crippen LogP contribution >= 0.6 is 0 Å². The number of aliphatic hydroxyl groups excluding tert-OH is 2. The fourth-order valence-electron chi connectivity index (χ4n) is 3.70. The van der Waals surface area contributed by atoms with Gasteiger partial charge in [-0.15, -0.1) is 6.42 Å². The number of hydrogen-bond acceptors (Lipinski definition) is 5. The SMILES string of the molecule is C#CCN([C@H](/C=C/C1CC1)[C@@H](O)CCO)C1(C(=O)OC)CCCC1. The molecule has 0 aromatic heterocycles. The maximum atomic E-state index is 12.6. The summed E-state index contributed by atoms with van der Waals surface area (Å²) in [5.41, 5.74) is -0.782. The van der Waals surface area contributed by atoms with Gasteiger partial charge in [-0.3, -0.25) is 9.69 Å². The van der Waals surface area contributed by atoms with Crippen molar-refractivity contribution >= 4 is 5.97 Å². The van der Waals surface area contributed by atoms with Crippen molar-refractivity contribution in [2.24, 2.45) is 5.92 Å². The van der Waals surface area contributed by atoms with E-state index in [9.17, 15) is 15.0 Å².